The predicted molar refractivity (Wildman–Crippen MR) is 102 cm³/mol. The molecule has 5 rings (SSSR count). The topological polar surface area (TPSA) is 82.5 Å². The van der Waals surface area contributed by atoms with Gasteiger partial charge in [0.25, 0.3) is 0 Å². The highest BCUT2D eigenvalue weighted by Crippen LogP contribution is 2.37. The van der Waals surface area contributed by atoms with Crippen LogP contribution < -0.4 is 4.74 Å². The Labute approximate surface area is 161 Å². The van der Waals surface area contributed by atoms with Crippen molar-refractivity contribution in [2.24, 2.45) is 0 Å². The summed E-state index contributed by atoms with van der Waals surface area (Å²) in [5.74, 6) is 1.48. The molecule has 0 saturated carbocycles. The van der Waals surface area contributed by atoms with Gasteiger partial charge in [0, 0.05) is 24.3 Å². The molecule has 0 spiro atoms. The number of aromatic nitrogens is 4. The third kappa shape index (κ3) is 2.43. The zero-order valence-corrected chi connectivity index (χ0v) is 15.5. The molecule has 0 bridgehead atoms. The number of methoxy groups -OCH3 is 1. The molecule has 0 fully saturated rings. The number of carbonyl (C=O) groups is 1. The molecule has 3 heterocycles. The maximum atomic E-state index is 12.7. The summed E-state index contributed by atoms with van der Waals surface area (Å²) < 4.78 is 12.8. The van der Waals surface area contributed by atoms with Crippen molar-refractivity contribution in [1.29, 1.82) is 0 Å². The van der Waals surface area contributed by atoms with Crippen LogP contribution >= 0.6 is 0 Å². The third-order valence-electron chi connectivity index (χ3n) is 5.27. The first-order valence-electron chi connectivity index (χ1n) is 9.12. The van der Waals surface area contributed by atoms with Crippen LogP contribution in [-0.2, 0) is 6.42 Å². The summed E-state index contributed by atoms with van der Waals surface area (Å²) in [5, 5.41) is 13.3. The van der Waals surface area contributed by atoms with E-state index >= 15 is 0 Å². The Kier molecular flexibility index (Phi) is 3.75. The molecule has 1 aliphatic rings. The van der Waals surface area contributed by atoms with Crippen LogP contribution in [-0.4, -0.2) is 32.7 Å². The Balaban J connectivity index is 1.71. The number of rotatable bonds is 3. The lowest BCUT2D eigenvalue weighted by Gasteiger charge is -2.21. The molecule has 140 valence electrons. The van der Waals surface area contributed by atoms with E-state index in [1.165, 1.54) is 0 Å². The van der Waals surface area contributed by atoms with Crippen LogP contribution in [0.1, 0.15) is 40.0 Å². The monoisotopic (exact) mass is 374 g/mol. The van der Waals surface area contributed by atoms with E-state index in [9.17, 15) is 4.79 Å². The molecule has 0 saturated heterocycles. The van der Waals surface area contributed by atoms with Crippen molar-refractivity contribution in [3.8, 4) is 16.9 Å². The van der Waals surface area contributed by atoms with E-state index in [1.807, 2.05) is 43.3 Å². The number of fused-ring (bicyclic) bond motifs is 3. The summed E-state index contributed by atoms with van der Waals surface area (Å²) in [6.07, 6.45) is 2.61. The van der Waals surface area contributed by atoms with Gasteiger partial charge in [0.15, 0.2) is 17.1 Å². The van der Waals surface area contributed by atoms with Gasteiger partial charge in [-0.15, -0.1) is 10.2 Å². The third-order valence-corrected chi connectivity index (χ3v) is 5.27. The van der Waals surface area contributed by atoms with Crippen LogP contribution in [0.2, 0.25) is 0 Å². The van der Waals surface area contributed by atoms with Gasteiger partial charge in [0.05, 0.1) is 30.3 Å². The second-order valence-corrected chi connectivity index (χ2v) is 6.94. The van der Waals surface area contributed by atoms with Crippen molar-refractivity contribution in [3.05, 3.63) is 65.5 Å². The van der Waals surface area contributed by atoms with Gasteiger partial charge in [-0.05, 0) is 25.1 Å². The van der Waals surface area contributed by atoms with Gasteiger partial charge in [0.1, 0.15) is 11.5 Å². The SMILES string of the molecule is COc1ccccc1-c1c(C)nn2c3c(nnc12)C(=O)C[C@@H](c1ccco1)C3. The Morgan fingerprint density at radius 2 is 2.00 bits per heavy atom. The summed E-state index contributed by atoms with van der Waals surface area (Å²) in [6.45, 7) is 1.93. The lowest BCUT2D eigenvalue weighted by atomic mass is 9.87. The number of Topliss-reactive ketones (excluding diaryl/α,β-unsaturated/α-hetero) is 1. The van der Waals surface area contributed by atoms with Crippen molar-refractivity contribution < 1.29 is 13.9 Å². The van der Waals surface area contributed by atoms with Gasteiger partial charge in [-0.1, -0.05) is 18.2 Å². The summed E-state index contributed by atoms with van der Waals surface area (Å²) >= 11 is 0. The Morgan fingerprint density at radius 3 is 2.79 bits per heavy atom. The maximum absolute atomic E-state index is 12.7. The summed E-state index contributed by atoms with van der Waals surface area (Å²) in [5.41, 5.74) is 4.35. The highest BCUT2D eigenvalue weighted by Gasteiger charge is 2.32. The number of furan rings is 1. The number of para-hydroxylation sites is 1. The number of ketones is 1. The predicted octanol–water partition coefficient (Wildman–Crippen LogP) is 3.61. The zero-order chi connectivity index (χ0) is 19.3. The van der Waals surface area contributed by atoms with Crippen molar-refractivity contribution in [3.63, 3.8) is 0 Å². The average molecular weight is 374 g/mol. The first-order valence-corrected chi connectivity index (χ1v) is 9.12. The minimum absolute atomic E-state index is 0.0263. The summed E-state index contributed by atoms with van der Waals surface area (Å²) in [7, 11) is 1.64. The van der Waals surface area contributed by atoms with Crippen molar-refractivity contribution in [2.45, 2.75) is 25.7 Å². The molecule has 0 unspecified atom stereocenters. The average Bonchev–Trinajstić information content (AvgIpc) is 3.35. The van der Waals surface area contributed by atoms with Gasteiger partial charge in [0.2, 0.25) is 0 Å². The molecular weight excluding hydrogens is 356 g/mol. The molecule has 1 aromatic carbocycles. The van der Waals surface area contributed by atoms with Gasteiger partial charge in [-0.25, -0.2) is 4.52 Å². The molecule has 0 aliphatic heterocycles. The van der Waals surface area contributed by atoms with Crippen LogP contribution in [0.4, 0.5) is 0 Å². The minimum atomic E-state index is -0.0379. The van der Waals surface area contributed by atoms with E-state index in [1.54, 1.807) is 17.9 Å². The molecule has 1 aliphatic carbocycles. The van der Waals surface area contributed by atoms with Crippen LogP contribution in [0.15, 0.2) is 47.1 Å². The van der Waals surface area contributed by atoms with Crippen molar-refractivity contribution in [1.82, 2.24) is 19.8 Å². The van der Waals surface area contributed by atoms with Crippen molar-refractivity contribution in [2.75, 3.05) is 7.11 Å². The lowest BCUT2D eigenvalue weighted by molar-refractivity contribution is 0.0951. The second kappa shape index (κ2) is 6.30. The number of benzene rings is 1. The number of aryl methyl sites for hydroxylation is 1. The largest absolute Gasteiger partial charge is 0.496 e. The second-order valence-electron chi connectivity index (χ2n) is 6.94. The maximum Gasteiger partial charge on any atom is 0.185 e. The summed E-state index contributed by atoms with van der Waals surface area (Å²) in [4.78, 5) is 12.7. The Morgan fingerprint density at radius 1 is 1.14 bits per heavy atom. The molecule has 1 atom stereocenters. The van der Waals surface area contributed by atoms with E-state index in [0.717, 1.165) is 34.0 Å². The molecule has 3 aromatic heterocycles. The molecule has 4 aromatic rings. The van der Waals surface area contributed by atoms with Gasteiger partial charge in [-0.3, -0.25) is 4.79 Å². The molecule has 0 amide bonds. The van der Waals surface area contributed by atoms with E-state index < -0.39 is 0 Å². The lowest BCUT2D eigenvalue weighted by Crippen LogP contribution is -2.24. The fraction of sp³-hybridized carbons (Fsp3) is 0.238. The normalized spacial score (nSPS) is 16.4. The number of hydrogen-bond donors (Lipinski definition) is 0. The van der Waals surface area contributed by atoms with E-state index in [-0.39, 0.29) is 11.7 Å². The van der Waals surface area contributed by atoms with E-state index in [2.05, 4.69) is 10.2 Å². The Bertz CT molecular complexity index is 1190. The molecule has 28 heavy (non-hydrogen) atoms. The fourth-order valence-corrected chi connectivity index (χ4v) is 3.97. The molecule has 7 heteroatoms. The standard InChI is InChI=1S/C21H18N4O3/c1-12-19(14-6-3-4-7-18(14)27-2)21-23-22-20-15(25(21)24-12)10-13(11-16(20)26)17-8-5-9-28-17/h3-9,13H,10-11H2,1-2H3/t13-/m0/s1. The molecule has 7 nitrogen and oxygen atoms in total. The molecule has 0 N–H and O–H groups in total. The first kappa shape index (κ1) is 16.7. The smallest absolute Gasteiger partial charge is 0.185 e. The zero-order valence-electron chi connectivity index (χ0n) is 15.5. The Hall–Kier alpha value is -3.48. The minimum Gasteiger partial charge on any atom is -0.496 e. The molecular formula is C21H18N4O3. The number of ether oxygens (including phenoxy) is 1. The van der Waals surface area contributed by atoms with Crippen molar-refractivity contribution >= 4 is 11.4 Å². The number of hydrogen-bond acceptors (Lipinski definition) is 6. The van der Waals surface area contributed by atoms with Crippen LogP contribution in [0.5, 0.6) is 5.75 Å². The summed E-state index contributed by atoms with van der Waals surface area (Å²) in [6, 6.07) is 11.5. The van der Waals surface area contributed by atoms with E-state index in [4.69, 9.17) is 14.3 Å². The van der Waals surface area contributed by atoms with Gasteiger partial charge < -0.3 is 9.15 Å². The quantitative estimate of drug-likeness (QED) is 0.545. The highest BCUT2D eigenvalue weighted by atomic mass is 16.5. The van der Waals surface area contributed by atoms with Crippen LogP contribution in [0.25, 0.3) is 16.8 Å². The van der Waals surface area contributed by atoms with Gasteiger partial charge in [-0.2, -0.15) is 5.10 Å². The molecule has 0 radical (unpaired) electrons. The van der Waals surface area contributed by atoms with Crippen LogP contribution in [0.3, 0.4) is 0 Å². The van der Waals surface area contributed by atoms with E-state index in [0.29, 0.717) is 24.2 Å². The fourth-order valence-electron chi connectivity index (χ4n) is 3.97. The number of carbonyl (C=O) groups excluding carboxylic acids is 1. The number of nitrogens with zero attached hydrogens (tertiary/aromatic N) is 4. The first-order chi connectivity index (χ1) is 13.7. The highest BCUT2D eigenvalue weighted by molar-refractivity contribution is 5.97. The van der Waals surface area contributed by atoms with Gasteiger partial charge >= 0.3 is 0 Å². The van der Waals surface area contributed by atoms with Crippen LogP contribution in [0, 0.1) is 6.92 Å².